The molecule has 0 aliphatic heterocycles. The summed E-state index contributed by atoms with van der Waals surface area (Å²) in [4.78, 5) is 10.5. The first kappa shape index (κ1) is 21.6. The third-order valence-electron chi connectivity index (χ3n) is 3.68. The first-order valence-corrected chi connectivity index (χ1v) is 9.70. The number of allylic oxidation sites excluding steroid dienone is 1. The molecule has 0 aliphatic rings. The fourth-order valence-corrected chi connectivity index (χ4v) is 3.20. The molecule has 0 amide bonds. The molecule has 2 rings (SSSR count). The summed E-state index contributed by atoms with van der Waals surface area (Å²) in [5, 5.41) is 0.832. The van der Waals surface area contributed by atoms with Crippen molar-refractivity contribution in [2.75, 3.05) is 12.8 Å². The first-order valence-electron chi connectivity index (χ1n) is 7.89. The van der Waals surface area contributed by atoms with Crippen molar-refractivity contribution < 1.29 is 22.6 Å². The molecule has 150 valence electrons. The number of nitrogens with zero attached hydrogens (tertiary/aromatic N) is 1. The van der Waals surface area contributed by atoms with Gasteiger partial charge in [-0.15, -0.1) is 0 Å². The molecular weight excluding hydrogens is 406 g/mol. The highest BCUT2D eigenvalue weighted by molar-refractivity contribution is 7.85. The molecule has 10 heteroatoms. The van der Waals surface area contributed by atoms with Crippen molar-refractivity contribution in [1.82, 2.24) is 5.23 Å². The van der Waals surface area contributed by atoms with Crippen LogP contribution in [0.2, 0.25) is 5.02 Å². The monoisotopic (exact) mass is 425 g/mol. The minimum atomic E-state index is -4.46. The number of anilines is 1. The van der Waals surface area contributed by atoms with Gasteiger partial charge in [0.1, 0.15) is 5.76 Å². The molecule has 28 heavy (non-hydrogen) atoms. The van der Waals surface area contributed by atoms with E-state index in [1.165, 1.54) is 7.05 Å². The second-order valence-electron chi connectivity index (χ2n) is 5.68. The second-order valence-corrected chi connectivity index (χ2v) is 7.51. The maximum Gasteiger partial charge on any atom is 0.294 e. The third kappa shape index (κ3) is 4.96. The van der Waals surface area contributed by atoms with Gasteiger partial charge < -0.3 is 21.1 Å². The summed E-state index contributed by atoms with van der Waals surface area (Å²) in [7, 11) is -3.02. The molecule has 2 aromatic carbocycles. The van der Waals surface area contributed by atoms with Gasteiger partial charge in [-0.25, -0.2) is 0 Å². The predicted molar refractivity (Wildman–Crippen MR) is 108 cm³/mol. The van der Waals surface area contributed by atoms with Crippen LogP contribution in [0.3, 0.4) is 0 Å². The first-order chi connectivity index (χ1) is 13.0. The minimum Gasteiger partial charge on any atom is -0.396 e. The lowest BCUT2D eigenvalue weighted by molar-refractivity contribution is -0.275. The van der Waals surface area contributed by atoms with Crippen molar-refractivity contribution in [2.45, 2.75) is 11.8 Å². The predicted octanol–water partition coefficient (Wildman–Crippen LogP) is 3.32. The molecule has 0 unspecified atom stereocenters. The summed E-state index contributed by atoms with van der Waals surface area (Å²) in [6, 6.07) is 9.40. The molecule has 8 nitrogen and oxygen atoms in total. The Bertz CT molecular complexity index is 1010. The van der Waals surface area contributed by atoms with E-state index < -0.39 is 15.0 Å². The lowest BCUT2D eigenvalue weighted by atomic mass is 10.0. The van der Waals surface area contributed by atoms with Gasteiger partial charge in [0.05, 0.1) is 28.4 Å². The van der Waals surface area contributed by atoms with Gasteiger partial charge in [0.25, 0.3) is 10.1 Å². The molecule has 0 fully saturated rings. The molecule has 0 bridgehead atoms. The number of hydrogen-bond donors (Lipinski definition) is 3. The quantitative estimate of drug-likeness (QED) is 0.267. The van der Waals surface area contributed by atoms with Gasteiger partial charge in [-0.05, 0) is 24.6 Å². The van der Waals surface area contributed by atoms with Crippen LogP contribution in [-0.4, -0.2) is 25.2 Å². The summed E-state index contributed by atoms with van der Waals surface area (Å²) >= 11 is 6.01. The number of halogens is 1. The van der Waals surface area contributed by atoms with Crippen molar-refractivity contribution in [2.24, 2.45) is 5.73 Å². The van der Waals surface area contributed by atoms with Crippen LogP contribution in [0.25, 0.3) is 11.8 Å². The smallest absolute Gasteiger partial charge is 0.294 e. The van der Waals surface area contributed by atoms with Gasteiger partial charge in [0.2, 0.25) is 0 Å². The molecular formula is C18H20ClN3O5S. The molecule has 2 aromatic rings. The minimum absolute atomic E-state index is 0.0468. The lowest BCUT2D eigenvalue weighted by Crippen LogP contribution is -2.24. The Balaban J connectivity index is 2.24. The van der Waals surface area contributed by atoms with Gasteiger partial charge in [-0.2, -0.15) is 8.42 Å². The molecule has 0 saturated heterocycles. The van der Waals surface area contributed by atoms with E-state index >= 15 is 0 Å². The van der Waals surface area contributed by atoms with Gasteiger partial charge in [0.15, 0.2) is 5.75 Å². The molecule has 0 aromatic heterocycles. The SMILES string of the molecule is C=Cc1ccccc1/C(N)=C(\C)ON(C)Oc1c(N)cc(S(=O)(=O)O)cc1Cl. The van der Waals surface area contributed by atoms with E-state index in [2.05, 4.69) is 6.58 Å². The molecule has 0 spiro atoms. The standard InChI is InChI=1S/C18H20ClN3O5S/c1-4-12-7-5-6-8-14(12)17(21)11(2)26-22(3)27-18-15(19)9-13(10-16(18)20)28(23,24)25/h4-10H,1,20-21H2,2-3H3,(H,23,24,25)/b17-11-. The van der Waals surface area contributed by atoms with E-state index in [4.69, 9.17) is 37.3 Å². The zero-order chi connectivity index (χ0) is 21.1. The van der Waals surface area contributed by atoms with Crippen LogP contribution in [0.15, 0.2) is 53.6 Å². The summed E-state index contributed by atoms with van der Waals surface area (Å²) in [6.45, 7) is 5.39. The van der Waals surface area contributed by atoms with E-state index in [9.17, 15) is 8.42 Å². The lowest BCUT2D eigenvalue weighted by Gasteiger charge is -2.21. The normalized spacial score (nSPS) is 12.5. The Morgan fingerprint density at radius 3 is 2.54 bits per heavy atom. The van der Waals surface area contributed by atoms with Crippen molar-refractivity contribution in [1.29, 1.82) is 0 Å². The van der Waals surface area contributed by atoms with Crippen LogP contribution in [0.4, 0.5) is 5.69 Å². The summed E-state index contributed by atoms with van der Waals surface area (Å²) in [5.41, 5.74) is 13.8. The maximum atomic E-state index is 11.2. The summed E-state index contributed by atoms with van der Waals surface area (Å²) in [6.07, 6.45) is 1.67. The largest absolute Gasteiger partial charge is 0.396 e. The summed E-state index contributed by atoms with van der Waals surface area (Å²) < 4.78 is 31.5. The average Bonchev–Trinajstić information content (AvgIpc) is 2.63. The average molecular weight is 426 g/mol. The van der Waals surface area contributed by atoms with Crippen molar-refractivity contribution in [3.05, 3.63) is 64.9 Å². The van der Waals surface area contributed by atoms with Crippen LogP contribution in [0, 0.1) is 0 Å². The molecule has 0 radical (unpaired) electrons. The fourth-order valence-electron chi connectivity index (χ4n) is 2.33. The number of benzene rings is 2. The Hall–Kier alpha value is -2.72. The van der Waals surface area contributed by atoms with Gasteiger partial charge in [0, 0.05) is 10.8 Å². The zero-order valence-corrected chi connectivity index (χ0v) is 16.8. The van der Waals surface area contributed by atoms with E-state index in [-0.39, 0.29) is 16.5 Å². The number of hydroxylamine groups is 2. The van der Waals surface area contributed by atoms with Gasteiger partial charge >= 0.3 is 0 Å². The van der Waals surface area contributed by atoms with Crippen LogP contribution < -0.4 is 16.3 Å². The molecule has 0 saturated carbocycles. The van der Waals surface area contributed by atoms with Gasteiger partial charge in [-0.3, -0.25) is 4.55 Å². The van der Waals surface area contributed by atoms with Crippen LogP contribution >= 0.6 is 11.6 Å². The Labute approximate surface area is 168 Å². The van der Waals surface area contributed by atoms with Crippen LogP contribution in [0.1, 0.15) is 18.1 Å². The number of nitrogen functional groups attached to an aromatic ring is 1. The highest BCUT2D eigenvalue weighted by atomic mass is 35.5. The van der Waals surface area contributed by atoms with Crippen molar-refractivity contribution in [3.8, 4) is 5.75 Å². The van der Waals surface area contributed by atoms with Crippen molar-refractivity contribution >= 4 is 39.2 Å². The van der Waals surface area contributed by atoms with E-state index in [0.29, 0.717) is 11.5 Å². The number of nitrogens with two attached hydrogens (primary N) is 2. The Morgan fingerprint density at radius 1 is 1.32 bits per heavy atom. The van der Waals surface area contributed by atoms with E-state index in [1.807, 2.05) is 24.3 Å². The number of rotatable bonds is 7. The Morgan fingerprint density at radius 2 is 1.96 bits per heavy atom. The van der Waals surface area contributed by atoms with Crippen LogP contribution in [0.5, 0.6) is 5.75 Å². The Kier molecular flexibility index (Phi) is 6.57. The third-order valence-corrected chi connectivity index (χ3v) is 4.79. The highest BCUT2D eigenvalue weighted by Gasteiger charge is 2.19. The van der Waals surface area contributed by atoms with E-state index in [1.54, 1.807) is 13.0 Å². The molecule has 0 atom stereocenters. The molecule has 5 N–H and O–H groups in total. The topological polar surface area (TPSA) is 128 Å². The molecule has 0 aliphatic carbocycles. The van der Waals surface area contributed by atoms with E-state index in [0.717, 1.165) is 28.5 Å². The summed E-state index contributed by atoms with van der Waals surface area (Å²) in [5.74, 6) is 0.287. The molecule has 0 heterocycles. The number of hydrogen-bond acceptors (Lipinski definition) is 7. The van der Waals surface area contributed by atoms with Gasteiger partial charge in [-0.1, -0.05) is 48.5 Å². The van der Waals surface area contributed by atoms with Crippen molar-refractivity contribution in [3.63, 3.8) is 0 Å². The highest BCUT2D eigenvalue weighted by Crippen LogP contribution is 2.34. The zero-order valence-electron chi connectivity index (χ0n) is 15.2. The fraction of sp³-hybridized carbons (Fsp3) is 0.111. The van der Waals surface area contributed by atoms with Crippen LogP contribution in [-0.2, 0) is 15.0 Å². The maximum absolute atomic E-state index is 11.2. The second kappa shape index (κ2) is 8.53.